The maximum atomic E-state index is 13.3. The molecule has 0 N–H and O–H groups in total. The van der Waals surface area contributed by atoms with Gasteiger partial charge in [-0.1, -0.05) is 63.1 Å². The van der Waals surface area contributed by atoms with Crippen molar-refractivity contribution in [3.63, 3.8) is 0 Å². The number of hydrogen-bond donors (Lipinski definition) is 0. The van der Waals surface area contributed by atoms with Crippen LogP contribution in [-0.2, 0) is 0 Å². The minimum absolute atomic E-state index is 0.0717. The van der Waals surface area contributed by atoms with Gasteiger partial charge in [-0.25, -0.2) is 4.39 Å². The molecule has 0 saturated heterocycles. The lowest BCUT2D eigenvalue weighted by atomic mass is 9.97. The first-order chi connectivity index (χ1) is 16.6. The summed E-state index contributed by atoms with van der Waals surface area (Å²) < 4.78 is 13.3. The molecule has 0 unspecified atom stereocenters. The Labute approximate surface area is 201 Å². The van der Waals surface area contributed by atoms with Gasteiger partial charge in [-0.05, 0) is 59.5 Å². The van der Waals surface area contributed by atoms with Crippen molar-refractivity contribution in [2.75, 3.05) is 18.0 Å². The van der Waals surface area contributed by atoms with Crippen LogP contribution in [0.4, 0.5) is 10.1 Å². The Morgan fingerprint density at radius 3 is 2.06 bits per heavy atom. The zero-order chi connectivity index (χ0) is 24.8. The Kier molecular flexibility index (Phi) is 10.9. The highest BCUT2D eigenvalue weighted by Gasteiger charge is 2.15. The lowest BCUT2D eigenvalue weighted by Crippen LogP contribution is -2.25. The minimum atomic E-state index is -0.463. The second-order valence-corrected chi connectivity index (χ2v) is 7.77. The summed E-state index contributed by atoms with van der Waals surface area (Å²) in [5.74, 6) is -0.463. The molecule has 0 aliphatic carbocycles. The summed E-state index contributed by atoms with van der Waals surface area (Å²) in [4.78, 5) is 14.0. The van der Waals surface area contributed by atoms with Gasteiger partial charge in [0.15, 0.2) is 0 Å². The third-order valence-electron chi connectivity index (χ3n) is 5.33. The van der Waals surface area contributed by atoms with E-state index in [1.165, 1.54) is 36.0 Å². The average Bonchev–Trinajstić information content (AvgIpc) is 2.87. The van der Waals surface area contributed by atoms with Crippen LogP contribution in [0, 0.1) is 33.4 Å². The third-order valence-corrected chi connectivity index (χ3v) is 5.33. The number of allylic oxidation sites excluding steroid dienone is 4. The van der Waals surface area contributed by atoms with E-state index in [-0.39, 0.29) is 16.8 Å². The zero-order valence-corrected chi connectivity index (χ0v) is 19.7. The highest BCUT2D eigenvalue weighted by Crippen LogP contribution is 2.28. The molecule has 5 nitrogen and oxygen atoms in total. The predicted octanol–water partition coefficient (Wildman–Crippen LogP) is 7.40. The smallest absolute Gasteiger partial charge is 0.139 e. The SMILES string of the molecule is CCCCN(CCCC)c1ccc(/C=C/C=C(\N=O)C(=C(C#N)C#N)c2ccc(F)cc2)cc1. The Morgan fingerprint density at radius 2 is 1.56 bits per heavy atom. The van der Waals surface area contributed by atoms with Crippen molar-refractivity contribution in [3.8, 4) is 12.1 Å². The molecular weight excluding hydrogens is 427 g/mol. The van der Waals surface area contributed by atoms with Crippen molar-refractivity contribution in [2.24, 2.45) is 5.18 Å². The average molecular weight is 457 g/mol. The fourth-order valence-corrected chi connectivity index (χ4v) is 3.45. The highest BCUT2D eigenvalue weighted by atomic mass is 19.1. The summed E-state index contributed by atoms with van der Waals surface area (Å²) >= 11 is 0. The molecule has 0 heterocycles. The first-order valence-electron chi connectivity index (χ1n) is 11.4. The molecule has 0 spiro atoms. The first-order valence-corrected chi connectivity index (χ1v) is 11.4. The van der Waals surface area contributed by atoms with Gasteiger partial charge in [-0.2, -0.15) is 10.5 Å². The van der Waals surface area contributed by atoms with E-state index in [0.717, 1.165) is 44.3 Å². The molecule has 2 rings (SSSR count). The van der Waals surface area contributed by atoms with Crippen molar-refractivity contribution in [3.05, 3.63) is 93.8 Å². The van der Waals surface area contributed by atoms with Crippen LogP contribution in [0.25, 0.3) is 11.6 Å². The van der Waals surface area contributed by atoms with E-state index < -0.39 is 5.82 Å². The standard InChI is InChI=1S/C28H29FN4O/c1-3-5-18-33(19-6-4-2)26-16-10-22(11-17-26)8-7-9-27(32-34)28(24(20-30)21-31)23-12-14-25(29)15-13-23/h7-17H,3-6,18-19H2,1-2H3/b8-7+,27-9-. The second kappa shape index (κ2) is 14.2. The molecule has 2 aromatic carbocycles. The Balaban J connectivity index is 2.29. The van der Waals surface area contributed by atoms with Crippen molar-refractivity contribution < 1.29 is 4.39 Å². The Bertz CT molecular complexity index is 1090. The lowest BCUT2D eigenvalue weighted by molar-refractivity contribution is 0.627. The number of rotatable bonds is 12. The lowest BCUT2D eigenvalue weighted by Gasteiger charge is -2.24. The molecule has 6 heteroatoms. The van der Waals surface area contributed by atoms with E-state index in [0.29, 0.717) is 5.56 Å². The van der Waals surface area contributed by atoms with Crippen molar-refractivity contribution in [2.45, 2.75) is 39.5 Å². The second-order valence-electron chi connectivity index (χ2n) is 7.77. The Hall–Kier alpha value is -4.03. The van der Waals surface area contributed by atoms with Crippen LogP contribution < -0.4 is 4.90 Å². The van der Waals surface area contributed by atoms with Crippen LogP contribution in [0.15, 0.2) is 77.1 Å². The molecule has 0 aliphatic rings. The maximum Gasteiger partial charge on any atom is 0.139 e. The van der Waals surface area contributed by atoms with Crippen molar-refractivity contribution in [1.29, 1.82) is 10.5 Å². The van der Waals surface area contributed by atoms with Gasteiger partial charge in [-0.3, -0.25) is 0 Å². The van der Waals surface area contributed by atoms with Gasteiger partial charge >= 0.3 is 0 Å². The number of unbranched alkanes of at least 4 members (excludes halogenated alkanes) is 2. The van der Waals surface area contributed by atoms with Gasteiger partial charge in [0.25, 0.3) is 0 Å². The maximum absolute atomic E-state index is 13.3. The molecule has 0 amide bonds. The molecule has 0 bridgehead atoms. The van der Waals surface area contributed by atoms with Crippen LogP contribution in [0.1, 0.15) is 50.7 Å². The number of hydrogen-bond acceptors (Lipinski definition) is 5. The molecule has 0 saturated carbocycles. The van der Waals surface area contributed by atoms with Gasteiger partial charge in [0, 0.05) is 24.4 Å². The highest BCUT2D eigenvalue weighted by molar-refractivity contribution is 5.86. The molecule has 0 aliphatic heterocycles. The number of benzene rings is 2. The summed E-state index contributed by atoms with van der Waals surface area (Å²) in [6, 6.07) is 17.0. The number of nitroso groups, excluding NO2 is 1. The quantitative estimate of drug-likeness (QED) is 0.189. The summed E-state index contributed by atoms with van der Waals surface area (Å²) in [5, 5.41) is 21.7. The van der Waals surface area contributed by atoms with E-state index in [9.17, 15) is 19.8 Å². The molecule has 2 aromatic rings. The monoisotopic (exact) mass is 456 g/mol. The van der Waals surface area contributed by atoms with Gasteiger partial charge in [0.1, 0.15) is 29.2 Å². The first kappa shape index (κ1) is 26.2. The fraction of sp³-hybridized carbons (Fsp3) is 0.286. The molecular formula is C28H29FN4O. The molecule has 34 heavy (non-hydrogen) atoms. The van der Waals surface area contributed by atoms with Crippen LogP contribution in [0.3, 0.4) is 0 Å². The number of nitriles is 2. The van der Waals surface area contributed by atoms with Gasteiger partial charge in [0.2, 0.25) is 0 Å². The minimum Gasteiger partial charge on any atom is -0.372 e. The van der Waals surface area contributed by atoms with E-state index in [1.807, 2.05) is 18.2 Å². The molecule has 0 aromatic heterocycles. The summed E-state index contributed by atoms with van der Waals surface area (Å²) in [6.45, 7) is 6.44. The van der Waals surface area contributed by atoms with E-state index in [2.05, 4.69) is 36.1 Å². The number of anilines is 1. The van der Waals surface area contributed by atoms with Crippen LogP contribution in [0.5, 0.6) is 0 Å². The molecule has 0 fully saturated rings. The van der Waals surface area contributed by atoms with Gasteiger partial charge < -0.3 is 4.90 Å². The van der Waals surface area contributed by atoms with Crippen molar-refractivity contribution in [1.82, 2.24) is 0 Å². The van der Waals surface area contributed by atoms with Crippen LogP contribution in [-0.4, -0.2) is 13.1 Å². The van der Waals surface area contributed by atoms with Gasteiger partial charge in [0.05, 0.1) is 0 Å². The van der Waals surface area contributed by atoms with Crippen molar-refractivity contribution >= 4 is 17.3 Å². The van der Waals surface area contributed by atoms with Gasteiger partial charge in [-0.15, -0.1) is 4.91 Å². The number of halogens is 1. The van der Waals surface area contributed by atoms with E-state index in [1.54, 1.807) is 18.2 Å². The van der Waals surface area contributed by atoms with E-state index in [4.69, 9.17) is 0 Å². The molecule has 0 radical (unpaired) electrons. The summed E-state index contributed by atoms with van der Waals surface area (Å²) in [7, 11) is 0. The van der Waals surface area contributed by atoms with E-state index >= 15 is 0 Å². The van der Waals surface area contributed by atoms with Crippen LogP contribution >= 0.6 is 0 Å². The summed E-state index contributed by atoms with van der Waals surface area (Å²) in [6.07, 6.45) is 9.51. The van der Waals surface area contributed by atoms with Crippen LogP contribution in [0.2, 0.25) is 0 Å². The number of nitrogens with zero attached hydrogens (tertiary/aromatic N) is 4. The molecule has 0 atom stereocenters. The zero-order valence-electron chi connectivity index (χ0n) is 19.7. The normalized spacial score (nSPS) is 11.0. The predicted molar refractivity (Wildman–Crippen MR) is 136 cm³/mol. The largest absolute Gasteiger partial charge is 0.372 e. The topological polar surface area (TPSA) is 80.2 Å². The summed E-state index contributed by atoms with van der Waals surface area (Å²) in [5.41, 5.74) is 2.20. The third kappa shape index (κ3) is 7.53. The fourth-order valence-electron chi connectivity index (χ4n) is 3.45. The Morgan fingerprint density at radius 1 is 0.971 bits per heavy atom. The molecule has 174 valence electrons.